The molecule has 0 heterocycles. The van der Waals surface area contributed by atoms with Crippen LogP contribution >= 0.6 is 0 Å². The van der Waals surface area contributed by atoms with E-state index in [2.05, 4.69) is 5.32 Å². The molecule has 106 valence electrons. The maximum absolute atomic E-state index is 13.4. The normalized spacial score (nSPS) is 12.0. The van der Waals surface area contributed by atoms with Crippen molar-refractivity contribution >= 4 is 0 Å². The van der Waals surface area contributed by atoms with Crippen LogP contribution in [0.5, 0.6) is 11.5 Å². The third-order valence-electron chi connectivity index (χ3n) is 3.21. The molecule has 0 fully saturated rings. The Morgan fingerprint density at radius 1 is 0.950 bits per heavy atom. The van der Waals surface area contributed by atoms with Gasteiger partial charge in [-0.1, -0.05) is 18.2 Å². The highest BCUT2D eigenvalue weighted by molar-refractivity contribution is 5.45. The van der Waals surface area contributed by atoms with Crippen LogP contribution in [0.3, 0.4) is 0 Å². The zero-order valence-corrected chi connectivity index (χ0v) is 11.8. The molecule has 0 aliphatic rings. The van der Waals surface area contributed by atoms with Gasteiger partial charge in [0.05, 0.1) is 20.3 Å². The second kappa shape index (κ2) is 6.39. The maximum atomic E-state index is 13.4. The number of hydrogen-bond donors (Lipinski definition) is 1. The summed E-state index contributed by atoms with van der Waals surface area (Å²) in [6.45, 7) is 0. The van der Waals surface area contributed by atoms with E-state index < -0.39 is 0 Å². The van der Waals surface area contributed by atoms with Gasteiger partial charge in [-0.2, -0.15) is 0 Å². The Hall–Kier alpha value is -2.07. The van der Waals surface area contributed by atoms with Crippen molar-refractivity contribution in [1.82, 2.24) is 5.32 Å². The number of benzene rings is 2. The zero-order chi connectivity index (χ0) is 14.5. The number of halogens is 1. The Morgan fingerprint density at radius 3 is 2.25 bits per heavy atom. The Labute approximate surface area is 118 Å². The second-order valence-electron chi connectivity index (χ2n) is 4.39. The molecular formula is C16H18FNO2. The molecule has 0 aliphatic heterocycles. The van der Waals surface area contributed by atoms with E-state index in [1.165, 1.54) is 12.1 Å². The molecule has 0 spiro atoms. The van der Waals surface area contributed by atoms with Crippen LogP contribution < -0.4 is 14.8 Å². The van der Waals surface area contributed by atoms with E-state index in [0.717, 1.165) is 11.1 Å². The van der Waals surface area contributed by atoms with Crippen LogP contribution in [0.2, 0.25) is 0 Å². The summed E-state index contributed by atoms with van der Waals surface area (Å²) < 4.78 is 23.9. The van der Waals surface area contributed by atoms with Crippen molar-refractivity contribution in [2.24, 2.45) is 0 Å². The summed E-state index contributed by atoms with van der Waals surface area (Å²) in [5.41, 5.74) is 1.84. The van der Waals surface area contributed by atoms with Crippen LogP contribution in [0.15, 0.2) is 42.5 Å². The van der Waals surface area contributed by atoms with Gasteiger partial charge < -0.3 is 14.8 Å². The lowest BCUT2D eigenvalue weighted by Crippen LogP contribution is -2.17. The number of hydrogen-bond acceptors (Lipinski definition) is 3. The fourth-order valence-electron chi connectivity index (χ4n) is 2.24. The first kappa shape index (κ1) is 14.3. The minimum atomic E-state index is -0.247. The Morgan fingerprint density at radius 2 is 1.65 bits per heavy atom. The number of nitrogens with one attached hydrogen (secondary N) is 1. The molecule has 1 atom stereocenters. The first-order valence-corrected chi connectivity index (χ1v) is 6.34. The zero-order valence-electron chi connectivity index (χ0n) is 11.8. The second-order valence-corrected chi connectivity index (χ2v) is 4.39. The monoisotopic (exact) mass is 275 g/mol. The van der Waals surface area contributed by atoms with Gasteiger partial charge in [-0.25, -0.2) is 4.39 Å². The number of ether oxygens (including phenoxy) is 2. The van der Waals surface area contributed by atoms with Crippen LogP contribution in [0.25, 0.3) is 0 Å². The standard InChI is InChI=1S/C16H18FNO2/c1-18-16(11-5-4-6-13(17)9-11)12-7-8-14(19-2)15(10-12)20-3/h4-10,16,18H,1-3H3. The van der Waals surface area contributed by atoms with E-state index in [0.29, 0.717) is 11.5 Å². The summed E-state index contributed by atoms with van der Waals surface area (Å²) in [4.78, 5) is 0. The summed E-state index contributed by atoms with van der Waals surface area (Å²) in [5.74, 6) is 1.08. The fraction of sp³-hybridized carbons (Fsp3) is 0.250. The molecule has 0 aliphatic carbocycles. The molecule has 1 unspecified atom stereocenters. The molecule has 4 heteroatoms. The Bertz CT molecular complexity index is 586. The van der Waals surface area contributed by atoms with Crippen LogP contribution in [0.1, 0.15) is 17.2 Å². The van der Waals surface area contributed by atoms with Gasteiger partial charge in [-0.15, -0.1) is 0 Å². The smallest absolute Gasteiger partial charge is 0.161 e. The summed E-state index contributed by atoms with van der Waals surface area (Å²) in [6, 6.07) is 12.1. The lowest BCUT2D eigenvalue weighted by Gasteiger charge is -2.19. The van der Waals surface area contributed by atoms with Crippen molar-refractivity contribution in [3.63, 3.8) is 0 Å². The molecule has 2 aromatic carbocycles. The van der Waals surface area contributed by atoms with Gasteiger partial charge in [0, 0.05) is 0 Å². The van der Waals surface area contributed by atoms with Gasteiger partial charge in [-0.3, -0.25) is 0 Å². The summed E-state index contributed by atoms with van der Waals surface area (Å²) in [6.07, 6.45) is 0. The molecule has 0 amide bonds. The van der Waals surface area contributed by atoms with E-state index in [9.17, 15) is 4.39 Å². The predicted molar refractivity (Wildman–Crippen MR) is 76.8 cm³/mol. The number of rotatable bonds is 5. The average molecular weight is 275 g/mol. The van der Waals surface area contributed by atoms with Crippen molar-refractivity contribution in [2.75, 3.05) is 21.3 Å². The Balaban J connectivity index is 2.41. The van der Waals surface area contributed by atoms with Crippen LogP contribution in [-0.4, -0.2) is 21.3 Å². The number of methoxy groups -OCH3 is 2. The third-order valence-corrected chi connectivity index (χ3v) is 3.21. The lowest BCUT2D eigenvalue weighted by molar-refractivity contribution is 0.354. The molecule has 1 N–H and O–H groups in total. The van der Waals surface area contributed by atoms with E-state index in [-0.39, 0.29) is 11.9 Å². The molecule has 20 heavy (non-hydrogen) atoms. The van der Waals surface area contributed by atoms with E-state index in [1.807, 2.05) is 31.3 Å². The summed E-state index contributed by atoms with van der Waals surface area (Å²) >= 11 is 0. The molecule has 3 nitrogen and oxygen atoms in total. The largest absolute Gasteiger partial charge is 0.493 e. The van der Waals surface area contributed by atoms with Crippen LogP contribution in [0, 0.1) is 5.82 Å². The maximum Gasteiger partial charge on any atom is 0.161 e. The lowest BCUT2D eigenvalue weighted by atomic mass is 9.98. The SMILES string of the molecule is CNC(c1cccc(F)c1)c1ccc(OC)c(OC)c1. The first-order valence-electron chi connectivity index (χ1n) is 6.34. The van der Waals surface area contributed by atoms with Crippen molar-refractivity contribution in [3.05, 3.63) is 59.4 Å². The third kappa shape index (κ3) is 2.91. The van der Waals surface area contributed by atoms with E-state index in [4.69, 9.17) is 9.47 Å². The van der Waals surface area contributed by atoms with Crippen molar-refractivity contribution in [1.29, 1.82) is 0 Å². The fourth-order valence-corrected chi connectivity index (χ4v) is 2.24. The van der Waals surface area contributed by atoms with Crippen molar-refractivity contribution < 1.29 is 13.9 Å². The predicted octanol–water partition coefficient (Wildman–Crippen LogP) is 3.15. The van der Waals surface area contributed by atoms with Gasteiger partial charge in [0.15, 0.2) is 11.5 Å². The molecule has 0 saturated heterocycles. The molecule has 0 radical (unpaired) electrons. The molecule has 2 rings (SSSR count). The van der Waals surface area contributed by atoms with Crippen LogP contribution in [0.4, 0.5) is 4.39 Å². The highest BCUT2D eigenvalue weighted by Crippen LogP contribution is 2.32. The van der Waals surface area contributed by atoms with E-state index in [1.54, 1.807) is 20.3 Å². The van der Waals surface area contributed by atoms with Gasteiger partial charge >= 0.3 is 0 Å². The topological polar surface area (TPSA) is 30.5 Å². The van der Waals surface area contributed by atoms with Crippen molar-refractivity contribution in [3.8, 4) is 11.5 Å². The molecule has 0 bridgehead atoms. The minimum absolute atomic E-state index is 0.106. The molecule has 2 aromatic rings. The highest BCUT2D eigenvalue weighted by atomic mass is 19.1. The summed E-state index contributed by atoms with van der Waals surface area (Å²) in [5, 5.41) is 3.19. The van der Waals surface area contributed by atoms with E-state index >= 15 is 0 Å². The molecule has 0 aromatic heterocycles. The van der Waals surface area contributed by atoms with Gasteiger partial charge in [0.1, 0.15) is 5.82 Å². The summed E-state index contributed by atoms with van der Waals surface area (Å²) in [7, 11) is 5.03. The molecular weight excluding hydrogens is 257 g/mol. The van der Waals surface area contributed by atoms with Crippen molar-refractivity contribution in [2.45, 2.75) is 6.04 Å². The van der Waals surface area contributed by atoms with Gasteiger partial charge in [-0.05, 0) is 42.4 Å². The Kier molecular flexibility index (Phi) is 4.58. The van der Waals surface area contributed by atoms with Crippen LogP contribution in [-0.2, 0) is 0 Å². The van der Waals surface area contributed by atoms with Gasteiger partial charge in [0.25, 0.3) is 0 Å². The first-order chi connectivity index (χ1) is 9.69. The minimum Gasteiger partial charge on any atom is -0.493 e. The van der Waals surface area contributed by atoms with Gasteiger partial charge in [0.2, 0.25) is 0 Å². The highest BCUT2D eigenvalue weighted by Gasteiger charge is 2.15. The average Bonchev–Trinajstić information content (AvgIpc) is 2.48. The quantitative estimate of drug-likeness (QED) is 0.909. The molecule has 0 saturated carbocycles.